The average Bonchev–Trinajstić information content (AvgIpc) is 3.05. The molecule has 11 heteroatoms. The van der Waals surface area contributed by atoms with E-state index in [9.17, 15) is 36.3 Å². The van der Waals surface area contributed by atoms with Crippen LogP contribution in [0.3, 0.4) is 0 Å². The molecule has 2 N–H and O–H groups in total. The highest BCUT2D eigenvalue weighted by Crippen LogP contribution is 2.51. The lowest BCUT2D eigenvalue weighted by atomic mass is 9.78. The summed E-state index contributed by atoms with van der Waals surface area (Å²) in [6, 6.07) is 4.73. The fourth-order valence-electron chi connectivity index (χ4n) is 5.01. The normalized spacial score (nSPS) is 26.8. The maximum absolute atomic E-state index is 13.5. The van der Waals surface area contributed by atoms with Gasteiger partial charge in [-0.2, -0.15) is 0 Å². The molecular formula is C22H19ClF3NO5S. The fraction of sp³-hybridized carbons (Fsp3) is 0.364. The minimum Gasteiger partial charge on any atom is -0.382 e. The van der Waals surface area contributed by atoms with Gasteiger partial charge in [0.1, 0.15) is 5.60 Å². The van der Waals surface area contributed by atoms with Crippen molar-refractivity contribution in [2.45, 2.75) is 41.4 Å². The molecule has 176 valence electrons. The van der Waals surface area contributed by atoms with Crippen LogP contribution in [0.4, 0.5) is 18.9 Å². The molecule has 33 heavy (non-hydrogen) atoms. The summed E-state index contributed by atoms with van der Waals surface area (Å²) in [5.74, 6) is -6.43. The number of aliphatic hydroxyl groups is 1. The van der Waals surface area contributed by atoms with Gasteiger partial charge < -0.3 is 15.2 Å². The zero-order valence-electron chi connectivity index (χ0n) is 17.0. The average molecular weight is 502 g/mol. The predicted octanol–water partition coefficient (Wildman–Crippen LogP) is 3.90. The molecule has 0 aliphatic heterocycles. The minimum atomic E-state index is -4.04. The molecule has 1 amide bonds. The van der Waals surface area contributed by atoms with Crippen LogP contribution in [0, 0.1) is 29.3 Å². The van der Waals surface area contributed by atoms with E-state index < -0.39 is 55.9 Å². The molecule has 0 saturated heterocycles. The van der Waals surface area contributed by atoms with E-state index in [0.29, 0.717) is 31.3 Å². The Morgan fingerprint density at radius 2 is 1.67 bits per heavy atom. The molecule has 0 spiro atoms. The molecule has 4 rings (SSSR count). The van der Waals surface area contributed by atoms with Crippen molar-refractivity contribution in [3.63, 3.8) is 0 Å². The van der Waals surface area contributed by atoms with Crippen LogP contribution in [0.5, 0.6) is 0 Å². The van der Waals surface area contributed by atoms with Crippen LogP contribution in [0.15, 0.2) is 35.2 Å². The summed E-state index contributed by atoms with van der Waals surface area (Å²) in [6.07, 6.45) is 1.57. The van der Waals surface area contributed by atoms with Gasteiger partial charge in [-0.1, -0.05) is 11.6 Å². The molecule has 2 aliphatic carbocycles. The number of fused-ring (bicyclic) bond motifs is 2. The number of amides is 1. The smallest absolute Gasteiger partial charge is 0.255 e. The van der Waals surface area contributed by atoms with E-state index in [-0.39, 0.29) is 34.0 Å². The number of hydrogen-bond donors (Lipinski definition) is 2. The van der Waals surface area contributed by atoms with Gasteiger partial charge >= 0.3 is 0 Å². The van der Waals surface area contributed by atoms with Gasteiger partial charge in [0, 0.05) is 23.4 Å². The number of benzene rings is 2. The Kier molecular flexibility index (Phi) is 6.05. The number of hydrogen-bond acceptors (Lipinski definition) is 5. The van der Waals surface area contributed by atoms with Crippen LogP contribution >= 0.6 is 11.6 Å². The lowest BCUT2D eigenvalue weighted by Crippen LogP contribution is -2.47. The highest BCUT2D eigenvalue weighted by molar-refractivity contribution is 7.92. The number of rotatable bonds is 5. The van der Waals surface area contributed by atoms with Crippen molar-refractivity contribution in [1.82, 2.24) is 0 Å². The Hall–Kier alpha value is -2.43. The van der Waals surface area contributed by atoms with Gasteiger partial charge in [0.15, 0.2) is 33.6 Å². The molecule has 2 aromatic carbocycles. The topological polar surface area (TPSA) is 101 Å². The molecule has 0 heterocycles. The van der Waals surface area contributed by atoms with E-state index in [1.807, 2.05) is 0 Å². The van der Waals surface area contributed by atoms with Crippen molar-refractivity contribution in [3.05, 3.63) is 58.4 Å². The molecule has 3 unspecified atom stereocenters. The molecule has 6 nitrogen and oxygen atoms in total. The van der Waals surface area contributed by atoms with Crippen LogP contribution < -0.4 is 5.32 Å². The number of carbonyl (C=O) groups is 2. The Morgan fingerprint density at radius 1 is 1.09 bits per heavy atom. The SMILES string of the molecule is O=CC1(O)CC2CC[C@@H](C1)C2S(=O)(=O)c1cc(C(=O)Nc2cc(F)c(F)c(F)c2)ccc1Cl. The van der Waals surface area contributed by atoms with Crippen molar-refractivity contribution in [1.29, 1.82) is 0 Å². The van der Waals surface area contributed by atoms with Crippen molar-refractivity contribution in [2.75, 3.05) is 5.32 Å². The van der Waals surface area contributed by atoms with E-state index in [1.165, 1.54) is 12.1 Å². The predicted molar refractivity (Wildman–Crippen MR) is 113 cm³/mol. The largest absolute Gasteiger partial charge is 0.382 e. The number of sulfone groups is 1. The number of halogens is 4. The van der Waals surface area contributed by atoms with E-state index in [1.54, 1.807) is 0 Å². The molecule has 2 saturated carbocycles. The number of nitrogens with one attached hydrogen (secondary N) is 1. The first-order valence-corrected chi connectivity index (χ1v) is 12.1. The Balaban J connectivity index is 1.64. The Labute approximate surface area is 192 Å². The quantitative estimate of drug-likeness (QED) is 0.478. The lowest BCUT2D eigenvalue weighted by molar-refractivity contribution is -0.129. The molecular weight excluding hydrogens is 483 g/mol. The van der Waals surface area contributed by atoms with Gasteiger partial charge in [-0.25, -0.2) is 21.6 Å². The second-order valence-electron chi connectivity index (χ2n) is 8.59. The van der Waals surface area contributed by atoms with E-state index >= 15 is 0 Å². The highest BCUT2D eigenvalue weighted by atomic mass is 35.5. The zero-order valence-corrected chi connectivity index (χ0v) is 18.6. The summed E-state index contributed by atoms with van der Waals surface area (Å²) in [5, 5.41) is 11.6. The van der Waals surface area contributed by atoms with Crippen LogP contribution in [-0.2, 0) is 14.6 Å². The lowest BCUT2D eigenvalue weighted by Gasteiger charge is -2.37. The molecule has 0 aromatic heterocycles. The Morgan fingerprint density at radius 3 is 2.21 bits per heavy atom. The summed E-state index contributed by atoms with van der Waals surface area (Å²) in [4.78, 5) is 23.6. The maximum Gasteiger partial charge on any atom is 0.255 e. The number of aldehydes is 1. The van der Waals surface area contributed by atoms with Crippen LogP contribution in [0.2, 0.25) is 5.02 Å². The van der Waals surface area contributed by atoms with Crippen LogP contribution in [0.25, 0.3) is 0 Å². The standard InChI is InChI=1S/C22H19ClF3NO5S/c23-15-4-3-11(21(29)27-14-6-16(24)19(26)17(25)7-14)5-18(15)33(31,32)20-12-1-2-13(20)9-22(30,8-12)10-28/h3-7,10,12-13,20,30H,1-2,8-9H2,(H,27,29)/t12-,13?,20?,22?/m0/s1. The summed E-state index contributed by atoms with van der Waals surface area (Å²) >= 11 is 6.17. The second kappa shape index (κ2) is 8.41. The van der Waals surface area contributed by atoms with Crippen molar-refractivity contribution in [2.24, 2.45) is 11.8 Å². The van der Waals surface area contributed by atoms with E-state index in [4.69, 9.17) is 11.6 Å². The first-order valence-electron chi connectivity index (χ1n) is 10.1. The number of anilines is 1. The van der Waals surface area contributed by atoms with Crippen molar-refractivity contribution in [3.8, 4) is 0 Å². The molecule has 2 aliphatic rings. The molecule has 4 atom stereocenters. The minimum absolute atomic E-state index is 0.0242. The summed E-state index contributed by atoms with van der Waals surface area (Å²) in [5.41, 5.74) is -2.05. The fourth-order valence-corrected chi connectivity index (χ4v) is 7.86. The van der Waals surface area contributed by atoms with Crippen molar-refractivity contribution < 1.29 is 36.3 Å². The van der Waals surface area contributed by atoms with Gasteiger partial charge in [-0.05, 0) is 55.7 Å². The van der Waals surface area contributed by atoms with Gasteiger partial charge in [0.25, 0.3) is 5.91 Å². The monoisotopic (exact) mass is 501 g/mol. The zero-order chi connectivity index (χ0) is 24.1. The van der Waals surface area contributed by atoms with Gasteiger partial charge in [-0.15, -0.1) is 0 Å². The summed E-state index contributed by atoms with van der Waals surface area (Å²) < 4.78 is 67.0. The second-order valence-corrected chi connectivity index (χ2v) is 11.1. The van der Waals surface area contributed by atoms with E-state index in [0.717, 1.165) is 6.07 Å². The van der Waals surface area contributed by atoms with Crippen LogP contribution in [-0.4, -0.2) is 36.6 Å². The third-order valence-electron chi connectivity index (χ3n) is 6.39. The van der Waals surface area contributed by atoms with E-state index in [2.05, 4.69) is 5.32 Å². The summed E-state index contributed by atoms with van der Waals surface area (Å²) in [7, 11) is -4.04. The maximum atomic E-state index is 13.5. The van der Waals surface area contributed by atoms with Gasteiger partial charge in [-0.3, -0.25) is 4.79 Å². The van der Waals surface area contributed by atoms with Gasteiger partial charge in [0.2, 0.25) is 0 Å². The molecule has 0 radical (unpaired) electrons. The summed E-state index contributed by atoms with van der Waals surface area (Å²) in [6.45, 7) is 0. The first-order chi connectivity index (χ1) is 15.4. The third-order valence-corrected chi connectivity index (χ3v) is 9.27. The first kappa shape index (κ1) is 23.7. The molecule has 2 fully saturated rings. The number of carbonyl (C=O) groups excluding carboxylic acids is 2. The molecule has 2 aromatic rings. The Bertz CT molecular complexity index is 1220. The van der Waals surface area contributed by atoms with Gasteiger partial charge in [0.05, 0.1) is 15.2 Å². The van der Waals surface area contributed by atoms with Crippen LogP contribution in [0.1, 0.15) is 36.0 Å². The molecule has 2 bridgehead atoms. The van der Waals surface area contributed by atoms with Crippen molar-refractivity contribution >= 4 is 39.3 Å². The highest BCUT2D eigenvalue weighted by Gasteiger charge is 2.54. The third kappa shape index (κ3) is 4.27.